The summed E-state index contributed by atoms with van der Waals surface area (Å²) < 4.78 is 7.95. The third kappa shape index (κ3) is 2.31. The van der Waals surface area contributed by atoms with Gasteiger partial charge in [0.05, 0.1) is 23.5 Å². The third-order valence-electron chi connectivity index (χ3n) is 3.25. The Morgan fingerprint density at radius 1 is 1.38 bits per heavy atom. The van der Waals surface area contributed by atoms with Crippen LogP contribution in [0.3, 0.4) is 0 Å². The summed E-state index contributed by atoms with van der Waals surface area (Å²) in [4.78, 5) is 17.1. The monoisotopic (exact) mass is 301 g/mol. The molecule has 3 aromatic heterocycles. The van der Waals surface area contributed by atoms with Crippen LogP contribution in [0.2, 0.25) is 0 Å². The van der Waals surface area contributed by atoms with Crippen LogP contribution >= 0.6 is 11.3 Å². The second-order valence-corrected chi connectivity index (χ2v) is 5.90. The smallest absolute Gasteiger partial charge is 0.216 e. The van der Waals surface area contributed by atoms with E-state index in [1.54, 1.807) is 35.5 Å². The molecule has 5 nitrogen and oxygen atoms in total. The van der Waals surface area contributed by atoms with E-state index in [2.05, 4.69) is 10.1 Å². The number of hydrogen-bond acceptors (Lipinski definition) is 5. The van der Waals surface area contributed by atoms with Crippen molar-refractivity contribution in [1.82, 2.24) is 14.8 Å². The van der Waals surface area contributed by atoms with Crippen molar-refractivity contribution in [3.63, 3.8) is 0 Å². The minimum absolute atomic E-state index is 0.0753. The normalized spacial score (nSPS) is 11.2. The van der Waals surface area contributed by atoms with Crippen LogP contribution in [0.4, 0.5) is 0 Å². The second-order valence-electron chi connectivity index (χ2n) is 4.96. The van der Waals surface area contributed by atoms with Gasteiger partial charge in [0.15, 0.2) is 11.4 Å². The van der Waals surface area contributed by atoms with Crippen molar-refractivity contribution in [3.05, 3.63) is 41.2 Å². The standard InChI is InChI=1S/C15H15N3O2S/c1-9(2)18-14(12(20-3)8-17-18)15(19)10-6-13-11(16-7-10)4-5-21-13/h4-9H,1-3H3. The molecule has 3 heterocycles. The molecule has 0 unspecified atom stereocenters. The van der Waals surface area contributed by atoms with E-state index < -0.39 is 0 Å². The Labute approximate surface area is 126 Å². The van der Waals surface area contributed by atoms with E-state index in [0.29, 0.717) is 17.0 Å². The molecule has 0 atom stereocenters. The predicted molar refractivity (Wildman–Crippen MR) is 82.2 cm³/mol. The number of ketones is 1. The lowest BCUT2D eigenvalue weighted by Gasteiger charge is -2.11. The summed E-state index contributed by atoms with van der Waals surface area (Å²) >= 11 is 1.57. The van der Waals surface area contributed by atoms with Gasteiger partial charge in [0.1, 0.15) is 0 Å². The molecule has 3 aromatic rings. The van der Waals surface area contributed by atoms with Crippen molar-refractivity contribution in [2.24, 2.45) is 0 Å². The molecule has 0 spiro atoms. The molecule has 0 radical (unpaired) electrons. The third-order valence-corrected chi connectivity index (χ3v) is 4.10. The van der Waals surface area contributed by atoms with E-state index >= 15 is 0 Å². The number of pyridine rings is 1. The minimum atomic E-state index is -0.124. The maximum atomic E-state index is 12.8. The second kappa shape index (κ2) is 5.29. The Morgan fingerprint density at radius 2 is 2.19 bits per heavy atom. The number of carbonyl (C=O) groups is 1. The molecule has 0 saturated heterocycles. The van der Waals surface area contributed by atoms with E-state index in [1.807, 2.05) is 31.4 Å². The van der Waals surface area contributed by atoms with Crippen molar-refractivity contribution >= 4 is 27.3 Å². The van der Waals surface area contributed by atoms with Crippen molar-refractivity contribution in [3.8, 4) is 5.75 Å². The van der Waals surface area contributed by atoms with E-state index in [1.165, 1.54) is 0 Å². The highest BCUT2D eigenvalue weighted by Crippen LogP contribution is 2.26. The first-order valence-electron chi connectivity index (χ1n) is 6.61. The zero-order valence-electron chi connectivity index (χ0n) is 12.0. The highest BCUT2D eigenvalue weighted by atomic mass is 32.1. The fraction of sp³-hybridized carbons (Fsp3) is 0.267. The van der Waals surface area contributed by atoms with Gasteiger partial charge in [-0.25, -0.2) is 0 Å². The summed E-state index contributed by atoms with van der Waals surface area (Å²) in [6, 6.07) is 3.88. The fourth-order valence-electron chi connectivity index (χ4n) is 2.21. The number of fused-ring (bicyclic) bond motifs is 1. The molecule has 0 amide bonds. The van der Waals surface area contributed by atoms with Gasteiger partial charge in [0.2, 0.25) is 5.78 Å². The van der Waals surface area contributed by atoms with Gasteiger partial charge in [-0.05, 0) is 31.4 Å². The van der Waals surface area contributed by atoms with Crippen molar-refractivity contribution in [2.45, 2.75) is 19.9 Å². The summed E-state index contributed by atoms with van der Waals surface area (Å²) in [6.45, 7) is 3.95. The zero-order valence-corrected chi connectivity index (χ0v) is 12.8. The van der Waals surface area contributed by atoms with E-state index in [0.717, 1.165) is 10.2 Å². The van der Waals surface area contributed by atoms with Gasteiger partial charge in [0, 0.05) is 17.8 Å². The quantitative estimate of drug-likeness (QED) is 0.694. The number of aromatic nitrogens is 3. The molecular weight excluding hydrogens is 286 g/mol. The molecule has 0 N–H and O–H groups in total. The van der Waals surface area contributed by atoms with Crippen LogP contribution in [-0.2, 0) is 0 Å². The largest absolute Gasteiger partial charge is 0.493 e. The molecular formula is C15H15N3O2S. The topological polar surface area (TPSA) is 57.0 Å². The van der Waals surface area contributed by atoms with Crippen molar-refractivity contribution in [2.75, 3.05) is 7.11 Å². The number of carbonyl (C=O) groups excluding carboxylic acids is 1. The first-order valence-corrected chi connectivity index (χ1v) is 7.49. The van der Waals surface area contributed by atoms with Crippen LogP contribution in [0.15, 0.2) is 29.9 Å². The predicted octanol–water partition coefficient (Wildman–Crippen LogP) is 3.31. The maximum absolute atomic E-state index is 12.8. The van der Waals surface area contributed by atoms with Crippen LogP contribution in [0, 0.1) is 0 Å². The number of ether oxygens (including phenoxy) is 1. The maximum Gasteiger partial charge on any atom is 0.216 e. The highest BCUT2D eigenvalue weighted by Gasteiger charge is 2.23. The Balaban J connectivity index is 2.10. The van der Waals surface area contributed by atoms with E-state index in [-0.39, 0.29) is 11.8 Å². The molecule has 6 heteroatoms. The molecule has 0 bridgehead atoms. The van der Waals surface area contributed by atoms with Crippen LogP contribution in [0.1, 0.15) is 35.9 Å². The highest BCUT2D eigenvalue weighted by molar-refractivity contribution is 7.17. The first kappa shape index (κ1) is 13.8. The van der Waals surface area contributed by atoms with Crippen LogP contribution < -0.4 is 4.74 Å². The Hall–Kier alpha value is -2.21. The summed E-state index contributed by atoms with van der Waals surface area (Å²) in [6.07, 6.45) is 3.18. The lowest BCUT2D eigenvalue weighted by molar-refractivity contribution is 0.102. The van der Waals surface area contributed by atoms with Gasteiger partial charge in [-0.3, -0.25) is 14.5 Å². The molecule has 0 aliphatic carbocycles. The number of rotatable bonds is 4. The Morgan fingerprint density at radius 3 is 2.90 bits per heavy atom. The minimum Gasteiger partial charge on any atom is -0.493 e. The van der Waals surface area contributed by atoms with Gasteiger partial charge in [-0.2, -0.15) is 5.10 Å². The van der Waals surface area contributed by atoms with Gasteiger partial charge in [0.25, 0.3) is 0 Å². The average molecular weight is 301 g/mol. The fourth-order valence-corrected chi connectivity index (χ4v) is 2.99. The Bertz CT molecular complexity index is 804. The zero-order chi connectivity index (χ0) is 15.0. The molecule has 0 saturated carbocycles. The lowest BCUT2D eigenvalue weighted by atomic mass is 10.1. The summed E-state index contributed by atoms with van der Waals surface area (Å²) in [7, 11) is 1.54. The van der Waals surface area contributed by atoms with Crippen LogP contribution in [0.25, 0.3) is 10.2 Å². The molecule has 0 fully saturated rings. The number of hydrogen-bond donors (Lipinski definition) is 0. The number of nitrogens with zero attached hydrogens (tertiary/aromatic N) is 3. The average Bonchev–Trinajstić information content (AvgIpc) is 3.11. The molecule has 0 aliphatic heterocycles. The van der Waals surface area contributed by atoms with Gasteiger partial charge in [-0.15, -0.1) is 11.3 Å². The molecule has 0 aliphatic rings. The molecule has 0 aromatic carbocycles. The van der Waals surface area contributed by atoms with E-state index in [4.69, 9.17) is 4.74 Å². The van der Waals surface area contributed by atoms with Crippen LogP contribution in [-0.4, -0.2) is 27.7 Å². The van der Waals surface area contributed by atoms with Crippen molar-refractivity contribution in [1.29, 1.82) is 0 Å². The van der Waals surface area contributed by atoms with Gasteiger partial charge < -0.3 is 4.74 Å². The number of methoxy groups -OCH3 is 1. The molecule has 108 valence electrons. The van der Waals surface area contributed by atoms with E-state index in [9.17, 15) is 4.79 Å². The molecule has 21 heavy (non-hydrogen) atoms. The lowest BCUT2D eigenvalue weighted by Crippen LogP contribution is -2.14. The van der Waals surface area contributed by atoms with Gasteiger partial charge >= 0.3 is 0 Å². The Kier molecular flexibility index (Phi) is 3.47. The molecule has 3 rings (SSSR count). The summed E-state index contributed by atoms with van der Waals surface area (Å²) in [5.74, 6) is 0.362. The summed E-state index contributed by atoms with van der Waals surface area (Å²) in [5.41, 5.74) is 1.91. The number of thiophene rings is 1. The summed E-state index contributed by atoms with van der Waals surface area (Å²) in [5, 5.41) is 6.20. The SMILES string of the molecule is COc1cnn(C(C)C)c1C(=O)c1cnc2ccsc2c1. The van der Waals surface area contributed by atoms with Crippen molar-refractivity contribution < 1.29 is 9.53 Å². The van der Waals surface area contributed by atoms with Gasteiger partial charge in [-0.1, -0.05) is 0 Å². The van der Waals surface area contributed by atoms with Crippen LogP contribution in [0.5, 0.6) is 5.75 Å². The first-order chi connectivity index (χ1) is 10.1.